The summed E-state index contributed by atoms with van der Waals surface area (Å²) in [5.41, 5.74) is 2.81. The van der Waals surface area contributed by atoms with Gasteiger partial charge in [0, 0.05) is 17.9 Å². The Morgan fingerprint density at radius 3 is 2.56 bits per heavy atom. The summed E-state index contributed by atoms with van der Waals surface area (Å²) in [6, 6.07) is 11.4. The van der Waals surface area contributed by atoms with Crippen LogP contribution in [0.2, 0.25) is 0 Å². The molecule has 0 aromatic heterocycles. The van der Waals surface area contributed by atoms with E-state index in [2.05, 4.69) is 62.2 Å². The maximum absolute atomic E-state index is 2.45. The van der Waals surface area contributed by atoms with Gasteiger partial charge in [0.05, 0.1) is 0 Å². The molecule has 0 bridgehead atoms. The molecule has 1 heteroatoms. The van der Waals surface area contributed by atoms with Crippen LogP contribution in [0.15, 0.2) is 42.1 Å². The Hall–Kier alpha value is -1.24. The average molecular weight is 215 g/mol. The van der Waals surface area contributed by atoms with Crippen LogP contribution in [0.1, 0.15) is 33.6 Å². The molecule has 0 unspecified atom stereocenters. The Morgan fingerprint density at radius 1 is 1.25 bits per heavy atom. The third-order valence-electron chi connectivity index (χ3n) is 3.49. The summed E-state index contributed by atoms with van der Waals surface area (Å²) in [5, 5.41) is 0. The molecule has 1 aliphatic rings. The van der Waals surface area contributed by atoms with Gasteiger partial charge in [0.25, 0.3) is 0 Å². The SMILES string of the molecule is CC[C@@H]1[C@@H](C)CC(C)=CN1c1ccccc1. The molecular formula is C15H21N. The van der Waals surface area contributed by atoms with Gasteiger partial charge in [-0.1, -0.05) is 37.6 Å². The fraction of sp³-hybridized carbons (Fsp3) is 0.467. The van der Waals surface area contributed by atoms with Crippen molar-refractivity contribution in [2.45, 2.75) is 39.7 Å². The first-order valence-electron chi connectivity index (χ1n) is 6.23. The third-order valence-corrected chi connectivity index (χ3v) is 3.49. The maximum Gasteiger partial charge on any atom is 0.0408 e. The second-order valence-electron chi connectivity index (χ2n) is 4.88. The molecule has 0 amide bonds. The smallest absolute Gasteiger partial charge is 0.0408 e. The summed E-state index contributed by atoms with van der Waals surface area (Å²) >= 11 is 0. The molecule has 1 aromatic rings. The molecule has 1 heterocycles. The molecule has 1 nitrogen and oxygen atoms in total. The first-order valence-corrected chi connectivity index (χ1v) is 6.23. The van der Waals surface area contributed by atoms with E-state index in [9.17, 15) is 0 Å². The van der Waals surface area contributed by atoms with Gasteiger partial charge in [-0.2, -0.15) is 0 Å². The van der Waals surface area contributed by atoms with E-state index < -0.39 is 0 Å². The van der Waals surface area contributed by atoms with E-state index in [-0.39, 0.29) is 0 Å². The molecule has 1 aromatic carbocycles. The van der Waals surface area contributed by atoms with Crippen molar-refractivity contribution >= 4 is 5.69 Å². The number of rotatable bonds is 2. The zero-order valence-corrected chi connectivity index (χ0v) is 10.5. The number of para-hydroxylation sites is 1. The number of benzene rings is 1. The van der Waals surface area contributed by atoms with Crippen molar-refractivity contribution in [3.05, 3.63) is 42.1 Å². The molecule has 86 valence electrons. The Morgan fingerprint density at radius 2 is 1.94 bits per heavy atom. The van der Waals surface area contributed by atoms with Crippen molar-refractivity contribution in [2.75, 3.05) is 4.90 Å². The fourth-order valence-corrected chi connectivity index (χ4v) is 2.77. The number of allylic oxidation sites excluding steroid dienone is 1. The summed E-state index contributed by atoms with van der Waals surface area (Å²) in [5.74, 6) is 0.746. The van der Waals surface area contributed by atoms with Gasteiger partial charge in [-0.05, 0) is 37.8 Å². The largest absolute Gasteiger partial charge is 0.345 e. The van der Waals surface area contributed by atoms with Crippen molar-refractivity contribution in [1.82, 2.24) is 0 Å². The maximum atomic E-state index is 2.45. The van der Waals surface area contributed by atoms with Crippen molar-refractivity contribution in [1.29, 1.82) is 0 Å². The van der Waals surface area contributed by atoms with Crippen molar-refractivity contribution in [3.63, 3.8) is 0 Å². The number of hydrogen-bond acceptors (Lipinski definition) is 1. The standard InChI is InChI=1S/C15H21N/c1-4-15-13(3)10-12(2)11-16(15)14-8-6-5-7-9-14/h5-9,11,13,15H,4,10H2,1-3H3/t13-,15+/m0/s1. The molecule has 0 radical (unpaired) electrons. The van der Waals surface area contributed by atoms with Crippen LogP contribution in [0.3, 0.4) is 0 Å². The highest BCUT2D eigenvalue weighted by Crippen LogP contribution is 2.31. The van der Waals surface area contributed by atoms with Crippen LogP contribution in [0.5, 0.6) is 0 Å². The van der Waals surface area contributed by atoms with Crippen LogP contribution < -0.4 is 4.90 Å². The van der Waals surface area contributed by atoms with E-state index in [0.717, 1.165) is 5.92 Å². The molecule has 1 aliphatic heterocycles. The van der Waals surface area contributed by atoms with Crippen molar-refractivity contribution in [3.8, 4) is 0 Å². The Labute approximate surface area is 98.8 Å². The minimum atomic E-state index is 0.645. The summed E-state index contributed by atoms with van der Waals surface area (Å²) < 4.78 is 0. The van der Waals surface area contributed by atoms with Gasteiger partial charge >= 0.3 is 0 Å². The molecule has 0 N–H and O–H groups in total. The van der Waals surface area contributed by atoms with Crippen LogP contribution in [0.25, 0.3) is 0 Å². The second-order valence-corrected chi connectivity index (χ2v) is 4.88. The quantitative estimate of drug-likeness (QED) is 0.714. The fourth-order valence-electron chi connectivity index (χ4n) is 2.77. The molecule has 2 atom stereocenters. The molecule has 0 fully saturated rings. The number of hydrogen-bond donors (Lipinski definition) is 0. The van der Waals surface area contributed by atoms with Gasteiger partial charge in [-0.25, -0.2) is 0 Å². The minimum absolute atomic E-state index is 0.645. The van der Waals surface area contributed by atoms with E-state index >= 15 is 0 Å². The number of anilines is 1. The molecule has 0 spiro atoms. The zero-order valence-electron chi connectivity index (χ0n) is 10.5. The predicted octanol–water partition coefficient (Wildman–Crippen LogP) is 4.22. The Balaban J connectivity index is 2.33. The van der Waals surface area contributed by atoms with Crippen LogP contribution in [0.4, 0.5) is 5.69 Å². The van der Waals surface area contributed by atoms with Gasteiger partial charge in [-0.3, -0.25) is 0 Å². The monoisotopic (exact) mass is 215 g/mol. The van der Waals surface area contributed by atoms with E-state index in [1.54, 1.807) is 0 Å². The van der Waals surface area contributed by atoms with Gasteiger partial charge in [0.2, 0.25) is 0 Å². The molecule has 16 heavy (non-hydrogen) atoms. The van der Waals surface area contributed by atoms with E-state index in [0.29, 0.717) is 6.04 Å². The lowest BCUT2D eigenvalue weighted by atomic mass is 9.88. The van der Waals surface area contributed by atoms with Crippen molar-refractivity contribution in [2.24, 2.45) is 5.92 Å². The second kappa shape index (κ2) is 4.73. The van der Waals surface area contributed by atoms with E-state index in [1.165, 1.54) is 24.1 Å². The van der Waals surface area contributed by atoms with Crippen LogP contribution >= 0.6 is 0 Å². The highest BCUT2D eigenvalue weighted by Gasteiger charge is 2.26. The summed E-state index contributed by atoms with van der Waals surface area (Å²) in [6.07, 6.45) is 4.77. The van der Waals surface area contributed by atoms with E-state index in [4.69, 9.17) is 0 Å². The summed E-state index contributed by atoms with van der Waals surface area (Å²) in [4.78, 5) is 2.45. The first-order chi connectivity index (χ1) is 7.72. The number of nitrogens with zero attached hydrogens (tertiary/aromatic N) is 1. The lowest BCUT2D eigenvalue weighted by Crippen LogP contribution is -2.39. The summed E-state index contributed by atoms with van der Waals surface area (Å²) in [6.45, 7) is 6.88. The predicted molar refractivity (Wildman–Crippen MR) is 70.5 cm³/mol. The third kappa shape index (κ3) is 2.13. The zero-order chi connectivity index (χ0) is 11.5. The highest BCUT2D eigenvalue weighted by atomic mass is 15.2. The van der Waals surface area contributed by atoms with Gasteiger partial charge in [-0.15, -0.1) is 0 Å². The summed E-state index contributed by atoms with van der Waals surface area (Å²) in [7, 11) is 0. The Kier molecular flexibility index (Phi) is 3.33. The average Bonchev–Trinajstić information content (AvgIpc) is 2.29. The minimum Gasteiger partial charge on any atom is -0.345 e. The molecule has 0 aliphatic carbocycles. The van der Waals surface area contributed by atoms with Crippen LogP contribution in [-0.4, -0.2) is 6.04 Å². The van der Waals surface area contributed by atoms with Crippen LogP contribution in [-0.2, 0) is 0 Å². The van der Waals surface area contributed by atoms with Crippen molar-refractivity contribution < 1.29 is 0 Å². The molecule has 0 saturated carbocycles. The normalized spacial score (nSPS) is 25.4. The molecule has 0 saturated heterocycles. The lowest BCUT2D eigenvalue weighted by Gasteiger charge is -2.39. The topological polar surface area (TPSA) is 3.24 Å². The van der Waals surface area contributed by atoms with Crippen LogP contribution in [0, 0.1) is 5.92 Å². The lowest BCUT2D eigenvalue weighted by molar-refractivity contribution is 0.414. The first kappa shape index (κ1) is 11.3. The Bertz CT molecular complexity index is 366. The van der Waals surface area contributed by atoms with Gasteiger partial charge in [0.15, 0.2) is 0 Å². The van der Waals surface area contributed by atoms with Gasteiger partial charge in [0.1, 0.15) is 0 Å². The van der Waals surface area contributed by atoms with E-state index in [1.807, 2.05) is 0 Å². The van der Waals surface area contributed by atoms with Gasteiger partial charge < -0.3 is 4.90 Å². The molecular weight excluding hydrogens is 194 g/mol. The highest BCUT2D eigenvalue weighted by molar-refractivity contribution is 5.51. The molecule has 2 rings (SSSR count).